The van der Waals surface area contributed by atoms with E-state index in [1.54, 1.807) is 18.3 Å². The number of rotatable bonds is 2. The van der Waals surface area contributed by atoms with Crippen LogP contribution < -0.4 is 15.8 Å². The van der Waals surface area contributed by atoms with E-state index in [0.717, 1.165) is 12.1 Å². The molecule has 0 amide bonds. The van der Waals surface area contributed by atoms with Crippen molar-refractivity contribution in [2.45, 2.75) is 11.9 Å². The van der Waals surface area contributed by atoms with Crippen molar-refractivity contribution in [2.75, 3.05) is 11.9 Å². The highest BCUT2D eigenvalue weighted by atomic mass is 19.4. The van der Waals surface area contributed by atoms with Gasteiger partial charge in [-0.3, -0.25) is 4.98 Å². The number of aromatic nitrogens is 1. The van der Waals surface area contributed by atoms with Crippen molar-refractivity contribution in [3.8, 4) is 5.75 Å². The minimum atomic E-state index is -4.95. The monoisotopic (exact) mass is 313 g/mol. The summed E-state index contributed by atoms with van der Waals surface area (Å²) in [7, 11) is 0. The molecular weight excluding hydrogens is 302 g/mol. The molecule has 116 valence electrons. The molecule has 1 atom stereocenters. The third-order valence-electron chi connectivity index (χ3n) is 3.46. The molecule has 0 saturated carbocycles. The molecule has 0 radical (unpaired) electrons. The molecule has 0 saturated heterocycles. The van der Waals surface area contributed by atoms with E-state index >= 15 is 0 Å². The number of nitrogens with one attached hydrogen (secondary N) is 1. The Morgan fingerprint density at radius 1 is 1.27 bits per heavy atom. The molecule has 0 fully saturated rings. The van der Waals surface area contributed by atoms with E-state index < -0.39 is 23.5 Å². The minimum absolute atomic E-state index is 0.262. The zero-order chi connectivity index (χ0) is 16.0. The normalized spacial score (nSPS) is 20.4. The van der Waals surface area contributed by atoms with Crippen LogP contribution in [0.15, 0.2) is 36.5 Å². The molecule has 2 heterocycles. The zero-order valence-corrected chi connectivity index (χ0v) is 11.1. The van der Waals surface area contributed by atoms with E-state index in [4.69, 9.17) is 5.73 Å². The fraction of sp³-hybridized carbons (Fsp3) is 0.214. The Balaban J connectivity index is 1.98. The van der Waals surface area contributed by atoms with Gasteiger partial charge < -0.3 is 15.8 Å². The lowest BCUT2D eigenvalue weighted by atomic mass is 9.89. The highest BCUT2D eigenvalue weighted by Gasteiger charge is 2.39. The minimum Gasteiger partial charge on any atom is -0.403 e. The quantitative estimate of drug-likeness (QED) is 0.837. The van der Waals surface area contributed by atoms with E-state index in [1.807, 2.05) is 0 Å². The average molecular weight is 313 g/mol. The average Bonchev–Trinajstić information content (AvgIpc) is 2.79. The summed E-state index contributed by atoms with van der Waals surface area (Å²) in [5.41, 5.74) is 6.70. The fourth-order valence-corrected chi connectivity index (χ4v) is 2.45. The molecule has 1 aliphatic rings. The number of anilines is 1. The maximum atomic E-state index is 13.9. The molecule has 0 bridgehead atoms. The van der Waals surface area contributed by atoms with Crippen molar-refractivity contribution < 1.29 is 22.3 Å². The maximum absolute atomic E-state index is 13.9. The van der Waals surface area contributed by atoms with Crippen molar-refractivity contribution in [3.05, 3.63) is 53.6 Å². The summed E-state index contributed by atoms with van der Waals surface area (Å²) in [6, 6.07) is 6.64. The van der Waals surface area contributed by atoms with Crippen molar-refractivity contribution in [1.82, 2.24) is 4.98 Å². The number of nitrogens with two attached hydrogens (primary N) is 1. The Morgan fingerprint density at radius 2 is 2.05 bits per heavy atom. The predicted molar refractivity (Wildman–Crippen MR) is 70.8 cm³/mol. The number of nitrogens with zero attached hydrogens (tertiary/aromatic N) is 1. The van der Waals surface area contributed by atoms with Gasteiger partial charge in [0.25, 0.3) is 0 Å². The Morgan fingerprint density at radius 3 is 2.73 bits per heavy atom. The summed E-state index contributed by atoms with van der Waals surface area (Å²) in [5.74, 6) is -2.03. The number of hydrogen-bond acceptors (Lipinski definition) is 4. The first-order chi connectivity index (χ1) is 10.3. The van der Waals surface area contributed by atoms with Crippen LogP contribution in [-0.2, 0) is 5.54 Å². The van der Waals surface area contributed by atoms with Gasteiger partial charge in [-0.1, -0.05) is 6.07 Å². The molecule has 0 spiro atoms. The van der Waals surface area contributed by atoms with Crippen molar-refractivity contribution in [2.24, 2.45) is 5.73 Å². The van der Waals surface area contributed by atoms with Crippen LogP contribution in [0.3, 0.4) is 0 Å². The summed E-state index contributed by atoms with van der Waals surface area (Å²) in [5, 5.41) is 3.04. The Labute approximate surface area is 122 Å². The molecule has 8 heteroatoms. The number of fused-ring (bicyclic) bond motifs is 1. The molecular formula is C14H11F4N3O. The number of pyridine rings is 1. The third kappa shape index (κ3) is 2.45. The molecule has 3 rings (SSSR count). The highest BCUT2D eigenvalue weighted by molar-refractivity contribution is 5.60. The smallest absolute Gasteiger partial charge is 0.403 e. The van der Waals surface area contributed by atoms with E-state index in [2.05, 4.69) is 15.0 Å². The number of hydrogen-bond donors (Lipinski definition) is 2. The number of ether oxygens (including phenoxy) is 1. The SMILES string of the molecule is NC1(c2ccc(OC(F)(F)F)c(F)c2)CNc2cccnc21. The van der Waals surface area contributed by atoms with Crippen molar-refractivity contribution in [3.63, 3.8) is 0 Å². The topological polar surface area (TPSA) is 60.2 Å². The molecule has 4 nitrogen and oxygen atoms in total. The lowest BCUT2D eigenvalue weighted by Crippen LogP contribution is -2.40. The highest BCUT2D eigenvalue weighted by Crippen LogP contribution is 2.37. The van der Waals surface area contributed by atoms with Crippen LogP contribution in [0.5, 0.6) is 5.75 Å². The third-order valence-corrected chi connectivity index (χ3v) is 3.46. The molecule has 3 N–H and O–H groups in total. The Hall–Kier alpha value is -2.35. The Kier molecular flexibility index (Phi) is 3.21. The van der Waals surface area contributed by atoms with Crippen LogP contribution in [0.4, 0.5) is 23.2 Å². The van der Waals surface area contributed by atoms with Crippen LogP contribution in [0, 0.1) is 5.82 Å². The molecule has 2 aromatic rings. The molecule has 1 aromatic carbocycles. The standard InChI is InChI=1S/C14H11F4N3O/c15-9-6-8(3-4-11(9)22-14(16,17)18)13(19)7-21-10-2-1-5-20-12(10)13/h1-6,21H,7,19H2. The van der Waals surface area contributed by atoms with Crippen LogP contribution in [0.2, 0.25) is 0 Å². The summed E-state index contributed by atoms with van der Waals surface area (Å²) < 4.78 is 53.9. The molecule has 0 aliphatic carbocycles. The first-order valence-corrected chi connectivity index (χ1v) is 6.34. The van der Waals surface area contributed by atoms with E-state index in [0.29, 0.717) is 16.9 Å². The first kappa shape index (κ1) is 14.6. The van der Waals surface area contributed by atoms with Crippen molar-refractivity contribution >= 4 is 5.69 Å². The van der Waals surface area contributed by atoms with E-state index in [1.165, 1.54) is 6.07 Å². The predicted octanol–water partition coefficient (Wildman–Crippen LogP) is 2.75. The second kappa shape index (κ2) is 4.84. The van der Waals surface area contributed by atoms with Crippen LogP contribution in [0.25, 0.3) is 0 Å². The molecule has 22 heavy (non-hydrogen) atoms. The second-order valence-corrected chi connectivity index (χ2v) is 4.92. The van der Waals surface area contributed by atoms with Gasteiger partial charge in [0.2, 0.25) is 0 Å². The molecule has 1 aromatic heterocycles. The fourth-order valence-electron chi connectivity index (χ4n) is 2.45. The van der Waals surface area contributed by atoms with Crippen molar-refractivity contribution in [1.29, 1.82) is 0 Å². The van der Waals surface area contributed by atoms with Gasteiger partial charge in [-0.2, -0.15) is 0 Å². The summed E-state index contributed by atoms with van der Waals surface area (Å²) in [4.78, 5) is 4.18. The molecule has 1 unspecified atom stereocenters. The van der Waals surface area contributed by atoms with Gasteiger partial charge in [0.15, 0.2) is 11.6 Å². The van der Waals surface area contributed by atoms with Gasteiger partial charge in [0, 0.05) is 12.7 Å². The summed E-state index contributed by atoms with van der Waals surface area (Å²) in [6.45, 7) is 0.262. The second-order valence-electron chi connectivity index (χ2n) is 4.92. The van der Waals surface area contributed by atoms with Gasteiger partial charge in [-0.05, 0) is 29.8 Å². The zero-order valence-electron chi connectivity index (χ0n) is 11.1. The van der Waals surface area contributed by atoms with Gasteiger partial charge >= 0.3 is 6.36 Å². The van der Waals surface area contributed by atoms with E-state index in [-0.39, 0.29) is 6.54 Å². The van der Waals surface area contributed by atoms with Gasteiger partial charge in [-0.15, -0.1) is 13.2 Å². The number of halogens is 4. The van der Waals surface area contributed by atoms with Gasteiger partial charge in [-0.25, -0.2) is 4.39 Å². The van der Waals surface area contributed by atoms with Gasteiger partial charge in [0.05, 0.1) is 11.4 Å². The number of benzene rings is 1. The number of alkyl halides is 3. The molecule has 1 aliphatic heterocycles. The van der Waals surface area contributed by atoms with Crippen LogP contribution in [-0.4, -0.2) is 17.9 Å². The van der Waals surface area contributed by atoms with Crippen LogP contribution >= 0.6 is 0 Å². The Bertz CT molecular complexity index is 719. The lowest BCUT2D eigenvalue weighted by Gasteiger charge is -2.24. The summed E-state index contributed by atoms with van der Waals surface area (Å²) >= 11 is 0. The van der Waals surface area contributed by atoms with Gasteiger partial charge in [0.1, 0.15) is 5.54 Å². The maximum Gasteiger partial charge on any atom is 0.573 e. The first-order valence-electron chi connectivity index (χ1n) is 6.34. The largest absolute Gasteiger partial charge is 0.573 e. The lowest BCUT2D eigenvalue weighted by molar-refractivity contribution is -0.275. The summed E-state index contributed by atoms with van der Waals surface area (Å²) in [6.07, 6.45) is -3.41. The van der Waals surface area contributed by atoms with Crippen LogP contribution in [0.1, 0.15) is 11.3 Å². The van der Waals surface area contributed by atoms with E-state index in [9.17, 15) is 17.6 Å².